The second-order valence-corrected chi connectivity index (χ2v) is 12.1. The summed E-state index contributed by atoms with van der Waals surface area (Å²) in [5.41, 5.74) is 6.73. The molecule has 1 fully saturated rings. The third-order valence-electron chi connectivity index (χ3n) is 5.85. The van der Waals surface area contributed by atoms with Crippen molar-refractivity contribution in [1.82, 2.24) is 9.80 Å². The summed E-state index contributed by atoms with van der Waals surface area (Å²) in [6.07, 6.45) is -2.66. The summed E-state index contributed by atoms with van der Waals surface area (Å²) in [4.78, 5) is 39.8. The Morgan fingerprint density at radius 3 is 2.31 bits per heavy atom. The van der Waals surface area contributed by atoms with Gasteiger partial charge in [-0.1, -0.05) is 30.3 Å². The number of sulfone groups is 1. The molecule has 1 atom stereocenters. The van der Waals surface area contributed by atoms with Gasteiger partial charge in [-0.3, -0.25) is 19.3 Å². The van der Waals surface area contributed by atoms with Crippen molar-refractivity contribution in [2.75, 3.05) is 36.6 Å². The van der Waals surface area contributed by atoms with E-state index in [0.29, 0.717) is 25.9 Å². The first kappa shape index (κ1) is 30.1. The lowest BCUT2D eigenvalue weighted by molar-refractivity contribution is -0.167. The highest BCUT2D eigenvalue weighted by Gasteiger charge is 2.38. The number of carbonyl (C=O) groups excluding carboxylic acids is 3. The van der Waals surface area contributed by atoms with Gasteiger partial charge in [-0.25, -0.2) is 8.42 Å². The van der Waals surface area contributed by atoms with Crippen LogP contribution in [0, 0.1) is 0 Å². The average molecular weight is 552 g/mol. The topological polar surface area (TPSA) is 118 Å². The van der Waals surface area contributed by atoms with Gasteiger partial charge in [0.25, 0.3) is 0 Å². The van der Waals surface area contributed by atoms with Crippen molar-refractivity contribution in [1.29, 1.82) is 0 Å². The maximum Gasteiger partial charge on any atom is 0.450 e. The fraction of sp³-hybridized carbons (Fsp3) is 0.609. The lowest BCUT2D eigenvalue weighted by atomic mass is 9.98. The number of piperidine rings is 1. The molecule has 1 aliphatic rings. The minimum absolute atomic E-state index is 0.0578. The van der Waals surface area contributed by atoms with Crippen LogP contribution in [0.25, 0.3) is 0 Å². The van der Waals surface area contributed by atoms with Gasteiger partial charge in [0, 0.05) is 31.9 Å². The molecule has 202 valence electrons. The molecular weight excluding hydrogens is 519 g/mol. The molecule has 0 bridgehead atoms. The normalized spacial score (nSPS) is 16.4. The Balaban J connectivity index is 2.04. The summed E-state index contributed by atoms with van der Waals surface area (Å²) in [7, 11) is -3.67. The number of carbonyl (C=O) groups is 3. The van der Waals surface area contributed by atoms with Crippen molar-refractivity contribution in [2.45, 2.75) is 50.5 Å². The van der Waals surface area contributed by atoms with Crippen molar-refractivity contribution < 1.29 is 36.0 Å². The Morgan fingerprint density at radius 2 is 1.78 bits per heavy atom. The van der Waals surface area contributed by atoms with Crippen LogP contribution in [0.4, 0.5) is 13.2 Å². The number of hydrogen-bond donors (Lipinski definition) is 1. The number of halogens is 3. The van der Waals surface area contributed by atoms with Gasteiger partial charge >= 0.3 is 6.18 Å². The van der Waals surface area contributed by atoms with Crippen LogP contribution < -0.4 is 5.73 Å². The molecule has 1 aromatic carbocycles. The monoisotopic (exact) mass is 551 g/mol. The van der Waals surface area contributed by atoms with E-state index in [4.69, 9.17) is 5.73 Å². The van der Waals surface area contributed by atoms with Gasteiger partial charge in [0.05, 0.1) is 5.75 Å². The molecule has 0 spiro atoms. The van der Waals surface area contributed by atoms with Gasteiger partial charge in [0.1, 0.15) is 11.8 Å². The highest BCUT2D eigenvalue weighted by atomic mass is 32.2. The van der Waals surface area contributed by atoms with Crippen LogP contribution in [0.2, 0.25) is 0 Å². The van der Waals surface area contributed by atoms with E-state index in [-0.39, 0.29) is 18.6 Å². The van der Waals surface area contributed by atoms with E-state index in [9.17, 15) is 36.0 Å². The van der Waals surface area contributed by atoms with Crippen LogP contribution in [0.1, 0.15) is 31.2 Å². The maximum absolute atomic E-state index is 13.0. The number of benzene rings is 1. The highest BCUT2D eigenvalue weighted by molar-refractivity contribution is 7.99. The number of primary amides is 1. The number of thioether (sulfide) groups is 1. The number of nitrogens with zero attached hydrogens (tertiary/aromatic N) is 2. The van der Waals surface area contributed by atoms with Gasteiger partial charge < -0.3 is 10.6 Å². The Kier molecular flexibility index (Phi) is 11.2. The minimum atomic E-state index is -4.90. The second kappa shape index (κ2) is 13.4. The number of Topliss-reactive ketones (excluding diaryl/α,β-unsaturated/α-hetero) is 1. The van der Waals surface area contributed by atoms with Gasteiger partial charge in [0.15, 0.2) is 9.84 Å². The lowest BCUT2D eigenvalue weighted by Crippen LogP contribution is -2.56. The van der Waals surface area contributed by atoms with E-state index >= 15 is 0 Å². The molecule has 2 amide bonds. The first-order valence-corrected chi connectivity index (χ1v) is 14.7. The van der Waals surface area contributed by atoms with E-state index in [0.717, 1.165) is 30.1 Å². The van der Waals surface area contributed by atoms with Crippen LogP contribution in [0.3, 0.4) is 0 Å². The largest absolute Gasteiger partial charge is 0.450 e. The molecule has 0 radical (unpaired) electrons. The van der Waals surface area contributed by atoms with Crippen molar-refractivity contribution in [3.05, 3.63) is 35.9 Å². The zero-order chi connectivity index (χ0) is 26.9. The number of ketones is 1. The molecular formula is C23H32F3N3O5S2. The van der Waals surface area contributed by atoms with Crippen LogP contribution in [0.15, 0.2) is 30.3 Å². The molecule has 0 aliphatic carbocycles. The number of alkyl halides is 3. The van der Waals surface area contributed by atoms with E-state index in [1.807, 2.05) is 30.3 Å². The Labute approximate surface area is 213 Å². The van der Waals surface area contributed by atoms with Crippen molar-refractivity contribution in [3.63, 3.8) is 0 Å². The summed E-state index contributed by atoms with van der Waals surface area (Å²) >= 11 is 0.781. The first-order chi connectivity index (χ1) is 16.8. The van der Waals surface area contributed by atoms with Crippen molar-refractivity contribution >= 4 is 39.2 Å². The zero-order valence-electron chi connectivity index (χ0n) is 20.1. The number of hydrogen-bond acceptors (Lipinski definition) is 7. The van der Waals surface area contributed by atoms with Crippen LogP contribution in [-0.2, 0) is 30.8 Å². The highest BCUT2D eigenvalue weighted by Crippen LogP contribution is 2.24. The van der Waals surface area contributed by atoms with Crippen LogP contribution >= 0.6 is 11.8 Å². The molecule has 2 rings (SSSR count). The standard InChI is InChI=1S/C23H32F3N3O5S2/c1-36(33,34)16-21(31)29(18-9-11-28(12-10-18)14-17-6-3-2-4-7-17)19(22(27)32)8-5-13-35-15-20(30)23(24,25)26/h2-4,6-7,18-19H,5,8-16H2,1H3,(H2,27,32)/t19-/m0/s1. The van der Waals surface area contributed by atoms with E-state index < -0.39 is 57.2 Å². The van der Waals surface area contributed by atoms with Gasteiger partial charge in [-0.05, 0) is 37.0 Å². The maximum atomic E-state index is 13.0. The lowest BCUT2D eigenvalue weighted by Gasteiger charge is -2.41. The Hall–Kier alpha value is -2.12. The molecule has 8 nitrogen and oxygen atoms in total. The van der Waals surface area contributed by atoms with E-state index in [1.165, 1.54) is 4.90 Å². The van der Waals surface area contributed by atoms with E-state index in [2.05, 4.69) is 4.90 Å². The molecule has 2 N–H and O–H groups in total. The summed E-state index contributed by atoms with van der Waals surface area (Å²) in [6.45, 7) is 1.98. The molecule has 36 heavy (non-hydrogen) atoms. The number of rotatable bonds is 13. The smallest absolute Gasteiger partial charge is 0.368 e. The van der Waals surface area contributed by atoms with Crippen LogP contribution in [-0.4, -0.2) is 90.7 Å². The fourth-order valence-corrected chi connectivity index (χ4v) is 5.63. The number of likely N-dealkylation sites (tertiary alicyclic amines) is 1. The summed E-state index contributed by atoms with van der Waals surface area (Å²) < 4.78 is 60.7. The summed E-state index contributed by atoms with van der Waals surface area (Å²) in [6, 6.07) is 8.35. The second-order valence-electron chi connectivity index (χ2n) is 8.90. The molecule has 1 aromatic rings. The first-order valence-electron chi connectivity index (χ1n) is 11.5. The quantitative estimate of drug-likeness (QED) is 0.373. The average Bonchev–Trinajstić information content (AvgIpc) is 2.77. The van der Waals surface area contributed by atoms with Gasteiger partial charge in [-0.15, -0.1) is 0 Å². The summed E-state index contributed by atoms with van der Waals surface area (Å²) in [5.74, 6) is -4.72. The third kappa shape index (κ3) is 10.1. The third-order valence-corrected chi connectivity index (χ3v) is 7.67. The Morgan fingerprint density at radius 1 is 1.17 bits per heavy atom. The molecule has 1 saturated heterocycles. The number of nitrogens with two attached hydrogens (primary N) is 1. The molecule has 0 aromatic heterocycles. The van der Waals surface area contributed by atoms with Crippen molar-refractivity contribution in [3.8, 4) is 0 Å². The predicted octanol–water partition coefficient (Wildman–Crippen LogP) is 2.02. The predicted molar refractivity (Wildman–Crippen MR) is 132 cm³/mol. The molecule has 1 aliphatic heterocycles. The molecule has 13 heteroatoms. The van der Waals surface area contributed by atoms with Crippen LogP contribution in [0.5, 0.6) is 0 Å². The molecule has 0 unspecified atom stereocenters. The zero-order valence-corrected chi connectivity index (χ0v) is 21.7. The SMILES string of the molecule is CS(=O)(=O)CC(=O)N(C1CCN(Cc2ccccc2)CC1)[C@@H](CCCSCC(=O)C(F)(F)F)C(N)=O. The number of amides is 2. The van der Waals surface area contributed by atoms with Gasteiger partial charge in [-0.2, -0.15) is 24.9 Å². The molecule has 1 heterocycles. The van der Waals surface area contributed by atoms with Gasteiger partial charge in [0.2, 0.25) is 17.6 Å². The van der Waals surface area contributed by atoms with Crippen molar-refractivity contribution in [2.24, 2.45) is 5.73 Å². The molecule has 0 saturated carbocycles. The Bertz CT molecular complexity index is 998. The van der Waals surface area contributed by atoms with E-state index in [1.54, 1.807) is 0 Å². The minimum Gasteiger partial charge on any atom is -0.368 e. The summed E-state index contributed by atoms with van der Waals surface area (Å²) in [5, 5.41) is 0. The fourth-order valence-electron chi connectivity index (χ4n) is 4.17.